The number of benzene rings is 2. The summed E-state index contributed by atoms with van der Waals surface area (Å²) >= 11 is 0. The first-order chi connectivity index (χ1) is 28.6. The number of quaternary nitrogens is 1. The second kappa shape index (κ2) is 14.8. The van der Waals surface area contributed by atoms with Crippen LogP contribution < -0.4 is 25.4 Å². The van der Waals surface area contributed by atoms with Gasteiger partial charge in [-0.2, -0.15) is 0 Å². The van der Waals surface area contributed by atoms with Gasteiger partial charge in [-0.05, 0) is 89.5 Å². The molecule has 10 atom stereocenters. The summed E-state index contributed by atoms with van der Waals surface area (Å²) < 4.78 is 13.2. The van der Waals surface area contributed by atoms with Crippen molar-refractivity contribution in [2.45, 2.75) is 108 Å². The van der Waals surface area contributed by atoms with Crippen molar-refractivity contribution in [3.8, 4) is 41.1 Å². The molecular weight excluding hydrogens is 745 g/mol. The predicted molar refractivity (Wildman–Crippen MR) is 220 cm³/mol. The number of hydrogen-bond acceptors (Lipinski definition) is 10. The second-order valence-electron chi connectivity index (χ2n) is 17.8. The zero-order valence-corrected chi connectivity index (χ0v) is 33.2. The molecule has 0 radical (unpaired) electrons. The van der Waals surface area contributed by atoms with Crippen molar-refractivity contribution < 1.29 is 39.6 Å². The third kappa shape index (κ3) is 6.61. The van der Waals surface area contributed by atoms with Crippen LogP contribution in [0.2, 0.25) is 0 Å². The third-order valence-corrected chi connectivity index (χ3v) is 14.1. The van der Waals surface area contributed by atoms with E-state index in [1.54, 1.807) is 6.07 Å². The van der Waals surface area contributed by atoms with Crippen LogP contribution in [0.15, 0.2) is 71.2 Å². The van der Waals surface area contributed by atoms with Gasteiger partial charge >= 0.3 is 0 Å². The molecule has 0 saturated heterocycles. The van der Waals surface area contributed by atoms with Crippen molar-refractivity contribution in [1.82, 2.24) is 5.32 Å². The van der Waals surface area contributed by atoms with Gasteiger partial charge in [-0.25, -0.2) is 0 Å². The van der Waals surface area contributed by atoms with Gasteiger partial charge in [0.2, 0.25) is 0 Å². The van der Waals surface area contributed by atoms with Gasteiger partial charge in [0, 0.05) is 43.1 Å². The standard InChI is InChI=1S/C48H50N4O7/c1-26-4-8-31(40(56)18-26)41(57)20-29(53)7-5-27-19-43-42(21-39(27)55)58-17-16-48(14-2-3-15-48)36-12-13-38(54)32-10-11-33-44-28(22-51-46(33)49)6-9-30(45(32)44)34-23-50-37-25-52(24-35(34)37)47(36)59-43/h4,8,10-11,19,21-24,26,30-31,36,38,40-41,46-47,51,54-57H,2-3,5-7,9,14-15,18,20,25,49H2,1H3/p+1/t26-,30-,31-,36-,38+,40-,41+,46+,47+/m1/s1. The number of aliphatic hydroxyl groups excluding tert-OH is 3. The maximum absolute atomic E-state index is 13.2. The number of aliphatic hydroxyl groups is 3. The Morgan fingerprint density at radius 3 is 2.80 bits per heavy atom. The van der Waals surface area contributed by atoms with Gasteiger partial charge < -0.3 is 41.0 Å². The Bertz CT molecular complexity index is 2400. The van der Waals surface area contributed by atoms with E-state index in [2.05, 4.69) is 35.4 Å². The topological polar surface area (TPSA) is 171 Å². The molecule has 0 amide bonds. The largest absolute Gasteiger partial charge is 0.508 e. The maximum Gasteiger partial charge on any atom is 0.252 e. The molecule has 8 aliphatic rings. The van der Waals surface area contributed by atoms with Gasteiger partial charge in [-0.3, -0.25) is 14.7 Å². The monoisotopic (exact) mass is 795 g/mol. The number of phenols is 1. The van der Waals surface area contributed by atoms with Crippen molar-refractivity contribution in [2.75, 3.05) is 6.54 Å². The zero-order chi connectivity index (χ0) is 40.6. The van der Waals surface area contributed by atoms with Crippen LogP contribution in [0, 0.1) is 47.0 Å². The Hall–Kier alpha value is -5.14. The lowest BCUT2D eigenvalue weighted by Crippen LogP contribution is -3.13. The van der Waals surface area contributed by atoms with Crippen LogP contribution in [-0.4, -0.2) is 56.9 Å². The zero-order valence-electron chi connectivity index (χ0n) is 33.2. The summed E-state index contributed by atoms with van der Waals surface area (Å²) in [5, 5.41) is 48.1. The number of nitrogens with one attached hydrogen (secondary N) is 2. The molecule has 11 nitrogen and oxygen atoms in total. The van der Waals surface area contributed by atoms with Crippen molar-refractivity contribution >= 4 is 17.1 Å². The molecule has 11 heteroatoms. The highest BCUT2D eigenvalue weighted by Crippen LogP contribution is 2.52. The number of Topliss-reactive ketones (excluding diaryl/α,β-unsaturated/α-hetero) is 1. The highest BCUT2D eigenvalue weighted by Gasteiger charge is 2.52. The number of nitrogens with two attached hydrogens (primary N) is 1. The minimum Gasteiger partial charge on any atom is -0.508 e. The molecule has 8 N–H and O–H groups in total. The van der Waals surface area contributed by atoms with Crippen LogP contribution in [0.25, 0.3) is 5.57 Å². The minimum atomic E-state index is -1.08. The number of hydrogen-bond donors (Lipinski definition) is 7. The number of rotatable bonds is 6. The first kappa shape index (κ1) is 38.1. The average Bonchev–Trinajstić information content (AvgIpc) is 3.96. The fourth-order valence-electron chi connectivity index (χ4n) is 10.9. The van der Waals surface area contributed by atoms with Crippen LogP contribution in [-0.2, 0) is 11.2 Å². The SMILES string of the molecule is C[C@@H]1C=C[C@@H]([C@@H](O)CC(=O)CCc2cc3c(cc2O)OC#CC2(CCCC2)[C@@H]2C#C[C@H](O)c4ccc5c6c4[C@H](CCC6=CN[C@@H]5N)C4=CN=C5C[NH+](C=C45)[C@H]2O3)[C@H](O)C1. The molecule has 59 heavy (non-hydrogen) atoms. The lowest BCUT2D eigenvalue weighted by Gasteiger charge is -2.37. The van der Waals surface area contributed by atoms with E-state index in [4.69, 9.17) is 20.2 Å². The van der Waals surface area contributed by atoms with Crippen molar-refractivity contribution in [1.29, 1.82) is 0 Å². The molecule has 1 unspecified atom stereocenters. The minimum absolute atomic E-state index is 0.00852. The van der Waals surface area contributed by atoms with E-state index in [-0.39, 0.29) is 54.5 Å². The summed E-state index contributed by atoms with van der Waals surface area (Å²) in [5.74, 6) is 10.1. The summed E-state index contributed by atoms with van der Waals surface area (Å²) in [4.78, 5) is 19.2. The van der Waals surface area contributed by atoms with E-state index < -0.39 is 41.8 Å². The lowest BCUT2D eigenvalue weighted by molar-refractivity contribution is -0.888. The summed E-state index contributed by atoms with van der Waals surface area (Å²) in [6.07, 6.45) is 15.3. The molecule has 1 spiro atoms. The summed E-state index contributed by atoms with van der Waals surface area (Å²) in [7, 11) is 0. The highest BCUT2D eigenvalue weighted by molar-refractivity contribution is 6.08. The third-order valence-electron chi connectivity index (χ3n) is 14.1. The first-order valence-electron chi connectivity index (χ1n) is 21.3. The summed E-state index contributed by atoms with van der Waals surface area (Å²) in [6.45, 7) is 2.58. The summed E-state index contributed by atoms with van der Waals surface area (Å²) in [5.41, 5.74) is 14.9. The van der Waals surface area contributed by atoms with E-state index >= 15 is 0 Å². The van der Waals surface area contributed by atoms with E-state index in [0.717, 1.165) is 82.5 Å². The molecule has 2 bridgehead atoms. The number of allylic oxidation sites excluding steroid dienone is 3. The van der Waals surface area contributed by atoms with Crippen LogP contribution in [0.5, 0.6) is 17.2 Å². The van der Waals surface area contributed by atoms with E-state index in [9.17, 15) is 25.2 Å². The molecule has 2 aromatic rings. The molecule has 0 aromatic heterocycles. The van der Waals surface area contributed by atoms with Crippen LogP contribution >= 0.6 is 0 Å². The molecule has 1 saturated carbocycles. The predicted octanol–water partition coefficient (Wildman–Crippen LogP) is 4.10. The highest BCUT2D eigenvalue weighted by atomic mass is 16.5. The molecule has 3 aliphatic carbocycles. The second-order valence-corrected chi connectivity index (χ2v) is 17.8. The van der Waals surface area contributed by atoms with Gasteiger partial charge in [0.05, 0.1) is 23.2 Å². The first-order valence-corrected chi connectivity index (χ1v) is 21.3. The number of nitrogens with zero attached hydrogens (tertiary/aromatic N) is 1. The number of ether oxygens (including phenoxy) is 2. The number of aryl methyl sites for hydroxylation is 1. The van der Waals surface area contributed by atoms with Crippen molar-refractivity contribution in [3.05, 3.63) is 94.0 Å². The Labute approximate surface area is 344 Å². The number of phenolic OH excluding ortho intramolecular Hbond substituents is 1. The van der Waals surface area contributed by atoms with Gasteiger partial charge in [-0.15, -0.1) is 0 Å². The van der Waals surface area contributed by atoms with Crippen LogP contribution in [0.1, 0.15) is 111 Å². The Morgan fingerprint density at radius 2 is 1.97 bits per heavy atom. The van der Waals surface area contributed by atoms with E-state index in [1.165, 1.54) is 11.6 Å². The average molecular weight is 796 g/mol. The quantitative estimate of drug-likeness (QED) is 0.168. The van der Waals surface area contributed by atoms with Gasteiger partial charge in [-0.1, -0.05) is 61.8 Å². The molecule has 5 aliphatic heterocycles. The van der Waals surface area contributed by atoms with Gasteiger partial charge in [0.15, 0.2) is 11.5 Å². The van der Waals surface area contributed by atoms with Crippen LogP contribution in [0.3, 0.4) is 0 Å². The van der Waals surface area contributed by atoms with E-state index in [1.807, 2.05) is 43.6 Å². The molecule has 304 valence electrons. The van der Waals surface area contributed by atoms with Crippen LogP contribution in [0.4, 0.5) is 0 Å². The fraction of sp³-hybridized carbons (Fsp3) is 0.458. The molecular formula is C48H51N4O7+. The lowest BCUT2D eigenvalue weighted by atomic mass is 9.70. The normalized spacial score (nSPS) is 31.9. The smallest absolute Gasteiger partial charge is 0.252 e. The Kier molecular flexibility index (Phi) is 9.58. The number of fused-ring (bicyclic) bond motifs is 6. The number of ketones is 1. The molecule has 5 heterocycles. The number of carbonyl (C=O) groups is 1. The number of carbonyl (C=O) groups excluding carboxylic acids is 1. The molecule has 2 aromatic carbocycles. The molecule has 1 fully saturated rings. The summed E-state index contributed by atoms with van der Waals surface area (Å²) in [6, 6.07) is 7.24. The van der Waals surface area contributed by atoms with E-state index in [0.29, 0.717) is 24.3 Å². The fourth-order valence-corrected chi connectivity index (χ4v) is 10.9. The number of aromatic hydroxyl groups is 1. The maximum atomic E-state index is 13.2. The molecule has 10 rings (SSSR count). The Balaban J connectivity index is 1.02. The van der Waals surface area contributed by atoms with Gasteiger partial charge in [0.25, 0.3) is 6.23 Å². The van der Waals surface area contributed by atoms with Gasteiger partial charge in [0.1, 0.15) is 54.3 Å². The Morgan fingerprint density at radius 1 is 1.14 bits per heavy atom. The number of aliphatic imine (C=N–C) groups is 1. The van der Waals surface area contributed by atoms with Crippen molar-refractivity contribution in [2.24, 2.45) is 33.9 Å². The van der Waals surface area contributed by atoms with Crippen molar-refractivity contribution in [3.63, 3.8) is 0 Å².